The Labute approximate surface area is 169 Å². The Morgan fingerprint density at radius 1 is 1.17 bits per heavy atom. The van der Waals surface area contributed by atoms with Crippen LogP contribution in [0.2, 0.25) is 0 Å². The van der Waals surface area contributed by atoms with Crippen LogP contribution in [-0.2, 0) is 16.0 Å². The van der Waals surface area contributed by atoms with Gasteiger partial charge in [0.05, 0.1) is 18.2 Å². The molecule has 2 aromatic rings. The summed E-state index contributed by atoms with van der Waals surface area (Å²) in [4.78, 5) is 26.9. The van der Waals surface area contributed by atoms with Crippen molar-refractivity contribution in [3.05, 3.63) is 36.2 Å². The van der Waals surface area contributed by atoms with Gasteiger partial charge in [-0.2, -0.15) is 0 Å². The van der Waals surface area contributed by atoms with Crippen molar-refractivity contribution in [3.8, 4) is 5.69 Å². The van der Waals surface area contributed by atoms with Crippen LogP contribution in [-0.4, -0.2) is 69.1 Å². The van der Waals surface area contributed by atoms with E-state index in [4.69, 9.17) is 0 Å². The van der Waals surface area contributed by atoms with Crippen LogP contribution in [0.3, 0.4) is 0 Å². The van der Waals surface area contributed by atoms with Crippen molar-refractivity contribution >= 4 is 11.8 Å². The molecule has 0 spiro atoms. The minimum absolute atomic E-state index is 0.0485. The molecule has 2 aliphatic heterocycles. The molecule has 9 heteroatoms. The first-order chi connectivity index (χ1) is 14.2. The predicted octanol–water partition coefficient (Wildman–Crippen LogP) is 0.312. The van der Waals surface area contributed by atoms with E-state index < -0.39 is 0 Å². The van der Waals surface area contributed by atoms with E-state index in [1.54, 1.807) is 4.68 Å². The third-order valence-electron chi connectivity index (χ3n) is 5.72. The molecule has 2 amide bonds. The normalized spacial score (nSPS) is 21.9. The molecule has 2 saturated heterocycles. The predicted molar refractivity (Wildman–Crippen MR) is 106 cm³/mol. The summed E-state index contributed by atoms with van der Waals surface area (Å²) < 4.78 is 1.58. The third kappa shape index (κ3) is 4.97. The second-order valence-electron chi connectivity index (χ2n) is 7.84. The Morgan fingerprint density at radius 2 is 2.03 bits per heavy atom. The second kappa shape index (κ2) is 9.13. The maximum atomic E-state index is 12.8. The molecule has 2 N–H and O–H groups in total. The number of tetrazole rings is 1. The van der Waals surface area contributed by atoms with Gasteiger partial charge >= 0.3 is 0 Å². The number of nitrogens with zero attached hydrogens (tertiary/aromatic N) is 5. The van der Waals surface area contributed by atoms with Crippen LogP contribution < -0.4 is 10.6 Å². The van der Waals surface area contributed by atoms with E-state index in [-0.39, 0.29) is 17.9 Å². The van der Waals surface area contributed by atoms with Gasteiger partial charge in [0.25, 0.3) is 0 Å². The van der Waals surface area contributed by atoms with Gasteiger partial charge in [0.2, 0.25) is 11.8 Å². The molecule has 4 rings (SSSR count). The lowest BCUT2D eigenvalue weighted by atomic mass is 9.97. The minimum Gasteiger partial charge on any atom is -0.354 e. The molecule has 0 aliphatic carbocycles. The number of carbonyl (C=O) groups excluding carboxylic acids is 2. The zero-order chi connectivity index (χ0) is 20.1. The molecule has 0 bridgehead atoms. The average molecular weight is 397 g/mol. The smallest absolute Gasteiger partial charge is 0.237 e. The first kappa shape index (κ1) is 19.5. The average Bonchev–Trinajstić information content (AvgIpc) is 3.47. The van der Waals surface area contributed by atoms with Crippen molar-refractivity contribution in [1.29, 1.82) is 0 Å². The minimum atomic E-state index is -0.0485. The van der Waals surface area contributed by atoms with Crippen molar-refractivity contribution in [3.63, 3.8) is 0 Å². The molecule has 1 aromatic carbocycles. The molecule has 9 nitrogen and oxygen atoms in total. The molecule has 29 heavy (non-hydrogen) atoms. The first-order valence-electron chi connectivity index (χ1n) is 10.3. The van der Waals surface area contributed by atoms with Crippen LogP contribution in [0.5, 0.6) is 0 Å². The highest BCUT2D eigenvalue weighted by Gasteiger charge is 2.26. The van der Waals surface area contributed by atoms with Gasteiger partial charge in [-0.25, -0.2) is 4.68 Å². The van der Waals surface area contributed by atoms with Gasteiger partial charge in [0.1, 0.15) is 6.33 Å². The summed E-state index contributed by atoms with van der Waals surface area (Å²) >= 11 is 0. The molecular weight excluding hydrogens is 370 g/mol. The summed E-state index contributed by atoms with van der Waals surface area (Å²) in [7, 11) is 0. The van der Waals surface area contributed by atoms with E-state index in [0.29, 0.717) is 25.4 Å². The Hall–Kier alpha value is -2.81. The summed E-state index contributed by atoms with van der Waals surface area (Å²) in [5, 5.41) is 17.4. The van der Waals surface area contributed by atoms with Crippen LogP contribution in [0, 0.1) is 5.92 Å². The van der Waals surface area contributed by atoms with Gasteiger partial charge in [-0.3, -0.25) is 9.59 Å². The number of nitrogens with one attached hydrogen (secondary N) is 2. The van der Waals surface area contributed by atoms with Crippen LogP contribution >= 0.6 is 0 Å². The van der Waals surface area contributed by atoms with Crippen molar-refractivity contribution in [1.82, 2.24) is 35.7 Å². The van der Waals surface area contributed by atoms with E-state index in [9.17, 15) is 9.59 Å². The molecular formula is C20H27N7O2. The number of hydrogen-bond donors (Lipinski definition) is 2. The maximum absolute atomic E-state index is 12.8. The fourth-order valence-corrected chi connectivity index (χ4v) is 4.07. The number of likely N-dealkylation sites (tertiary alicyclic amines) is 1. The quantitative estimate of drug-likeness (QED) is 0.727. The molecule has 0 radical (unpaired) electrons. The largest absolute Gasteiger partial charge is 0.354 e. The van der Waals surface area contributed by atoms with E-state index in [1.807, 2.05) is 29.2 Å². The van der Waals surface area contributed by atoms with Crippen LogP contribution in [0.25, 0.3) is 5.69 Å². The van der Waals surface area contributed by atoms with Gasteiger partial charge < -0.3 is 15.5 Å². The number of carbonyl (C=O) groups is 2. The maximum Gasteiger partial charge on any atom is 0.237 e. The van der Waals surface area contributed by atoms with E-state index in [1.165, 1.54) is 6.33 Å². The standard InChI is InChI=1S/C20H27N7O2/c28-19(11-15-5-7-17(8-6-15)27-14-23-24-25-27)26-10-2-3-16(13-26)12-22-20(29)18-4-1-9-21-18/h5-8,14,16,18,21H,1-4,9-13H2,(H,22,29). The molecule has 154 valence electrons. The van der Waals surface area contributed by atoms with Crippen molar-refractivity contribution in [2.75, 3.05) is 26.2 Å². The molecule has 2 aliphatic rings. The van der Waals surface area contributed by atoms with Gasteiger partial charge in [-0.1, -0.05) is 12.1 Å². The van der Waals surface area contributed by atoms with Crippen molar-refractivity contribution in [2.24, 2.45) is 5.92 Å². The Balaban J connectivity index is 1.26. The Bertz CT molecular complexity index is 816. The lowest BCUT2D eigenvalue weighted by Gasteiger charge is -2.33. The summed E-state index contributed by atoms with van der Waals surface area (Å²) in [6.45, 7) is 3.05. The van der Waals surface area contributed by atoms with Crippen LogP contribution in [0.15, 0.2) is 30.6 Å². The molecule has 2 fully saturated rings. The van der Waals surface area contributed by atoms with Gasteiger partial charge in [0, 0.05) is 19.6 Å². The summed E-state index contributed by atoms with van der Waals surface area (Å²) in [6.07, 6.45) is 5.90. The van der Waals surface area contributed by atoms with Crippen molar-refractivity contribution in [2.45, 2.75) is 38.1 Å². The van der Waals surface area contributed by atoms with Crippen molar-refractivity contribution < 1.29 is 9.59 Å². The first-order valence-corrected chi connectivity index (χ1v) is 10.3. The summed E-state index contributed by atoms with van der Waals surface area (Å²) in [6, 6.07) is 7.64. The highest BCUT2D eigenvalue weighted by molar-refractivity contribution is 5.82. The zero-order valence-electron chi connectivity index (χ0n) is 16.5. The van der Waals surface area contributed by atoms with Gasteiger partial charge in [-0.15, -0.1) is 5.10 Å². The monoisotopic (exact) mass is 397 g/mol. The lowest BCUT2D eigenvalue weighted by Crippen LogP contribution is -2.47. The molecule has 3 heterocycles. The SMILES string of the molecule is O=C(NCC1CCCN(C(=O)Cc2ccc(-n3cnnn3)cc2)C1)C1CCCN1. The third-order valence-corrected chi connectivity index (χ3v) is 5.72. The summed E-state index contributed by atoms with van der Waals surface area (Å²) in [5.41, 5.74) is 1.83. The number of aromatic nitrogens is 4. The number of hydrogen-bond acceptors (Lipinski definition) is 6. The van der Waals surface area contributed by atoms with Crippen LogP contribution in [0.4, 0.5) is 0 Å². The number of rotatable bonds is 6. The fraction of sp³-hybridized carbons (Fsp3) is 0.550. The molecule has 0 saturated carbocycles. The molecule has 2 unspecified atom stereocenters. The highest BCUT2D eigenvalue weighted by atomic mass is 16.2. The molecule has 1 aromatic heterocycles. The number of benzene rings is 1. The van der Waals surface area contributed by atoms with Gasteiger partial charge in [0.15, 0.2) is 0 Å². The topological polar surface area (TPSA) is 105 Å². The second-order valence-corrected chi connectivity index (χ2v) is 7.84. The van der Waals surface area contributed by atoms with E-state index >= 15 is 0 Å². The Kier molecular flexibility index (Phi) is 6.14. The Morgan fingerprint density at radius 3 is 2.76 bits per heavy atom. The summed E-state index contributed by atoms with van der Waals surface area (Å²) in [5.74, 6) is 0.544. The fourth-order valence-electron chi connectivity index (χ4n) is 4.07. The molecule has 2 atom stereocenters. The van der Waals surface area contributed by atoms with E-state index in [2.05, 4.69) is 26.2 Å². The lowest BCUT2D eigenvalue weighted by molar-refractivity contribution is -0.132. The zero-order valence-corrected chi connectivity index (χ0v) is 16.5. The van der Waals surface area contributed by atoms with Crippen LogP contribution in [0.1, 0.15) is 31.2 Å². The van der Waals surface area contributed by atoms with E-state index in [0.717, 1.165) is 50.0 Å². The number of piperidine rings is 1. The van der Waals surface area contributed by atoms with Gasteiger partial charge in [-0.05, 0) is 66.3 Å². The highest BCUT2D eigenvalue weighted by Crippen LogP contribution is 2.18. The number of amides is 2.